The number of nitrogens with zero attached hydrogens (tertiary/aromatic N) is 3. The molecule has 1 aliphatic heterocycles. The van der Waals surface area contributed by atoms with Crippen LogP contribution in [-0.2, 0) is 24.1 Å². The maximum atomic E-state index is 13.5. The molecule has 28 heavy (non-hydrogen) atoms. The number of ether oxygens (including phenoxy) is 1. The van der Waals surface area contributed by atoms with Gasteiger partial charge in [0.15, 0.2) is 0 Å². The first-order valence-corrected chi connectivity index (χ1v) is 10.6. The minimum absolute atomic E-state index is 0.0171. The molecule has 0 saturated carbocycles. The number of morpholine rings is 1. The lowest BCUT2D eigenvalue weighted by Crippen LogP contribution is -2.45. The summed E-state index contributed by atoms with van der Waals surface area (Å²) in [5, 5.41) is 0.763. The van der Waals surface area contributed by atoms with E-state index in [9.17, 15) is 9.18 Å². The van der Waals surface area contributed by atoms with E-state index in [0.717, 1.165) is 61.3 Å². The molecule has 1 atom stereocenters. The lowest BCUT2D eigenvalue weighted by molar-refractivity contribution is 0.0140. The van der Waals surface area contributed by atoms with Gasteiger partial charge in [0.2, 0.25) is 0 Å². The van der Waals surface area contributed by atoms with Gasteiger partial charge in [-0.05, 0) is 42.5 Å². The standard InChI is InChI=1S/C21H22FN3O2S/c22-15-3-1-2-14(10-15)12-25-13-23-20-19(21(25)26)17-5-4-16(11-18(17)28-20)24-6-8-27-9-7-24/h1-3,10,13,16H,4-9,11-12H2/t16-/m0/s1. The number of aromatic nitrogens is 2. The third-order valence-electron chi connectivity index (χ3n) is 5.81. The number of benzene rings is 1. The Morgan fingerprint density at radius 2 is 2.14 bits per heavy atom. The lowest BCUT2D eigenvalue weighted by atomic mass is 9.92. The number of hydrogen-bond donors (Lipinski definition) is 0. The summed E-state index contributed by atoms with van der Waals surface area (Å²) >= 11 is 1.66. The fourth-order valence-electron chi connectivity index (χ4n) is 4.38. The molecule has 0 unspecified atom stereocenters. The maximum absolute atomic E-state index is 13.5. The molecule has 2 aromatic heterocycles. The molecule has 7 heteroatoms. The summed E-state index contributed by atoms with van der Waals surface area (Å²) in [6.07, 6.45) is 4.56. The second-order valence-corrected chi connectivity index (χ2v) is 8.62. The molecule has 3 heterocycles. The zero-order valence-electron chi connectivity index (χ0n) is 15.6. The summed E-state index contributed by atoms with van der Waals surface area (Å²) in [6.45, 7) is 3.93. The molecule has 146 valence electrons. The molecule has 3 aromatic rings. The molecule has 0 bridgehead atoms. The van der Waals surface area contributed by atoms with Crippen LogP contribution in [0.15, 0.2) is 35.4 Å². The number of halogens is 1. The molecule has 2 aliphatic rings. The first-order valence-electron chi connectivity index (χ1n) is 9.75. The van der Waals surface area contributed by atoms with E-state index in [1.807, 2.05) is 6.07 Å². The van der Waals surface area contributed by atoms with E-state index in [1.165, 1.54) is 22.6 Å². The molecule has 5 nitrogen and oxygen atoms in total. The van der Waals surface area contributed by atoms with Crippen molar-refractivity contribution in [1.29, 1.82) is 0 Å². The molecule has 5 rings (SSSR count). The van der Waals surface area contributed by atoms with Crippen LogP contribution in [0.5, 0.6) is 0 Å². The average molecular weight is 399 g/mol. The molecule has 0 amide bonds. The second kappa shape index (κ2) is 7.39. The van der Waals surface area contributed by atoms with Gasteiger partial charge in [0, 0.05) is 24.0 Å². The number of aryl methyl sites for hydroxylation is 1. The Labute approximate surface area is 166 Å². The first kappa shape index (κ1) is 18.0. The quantitative estimate of drug-likeness (QED) is 0.680. The second-order valence-electron chi connectivity index (χ2n) is 7.54. The Morgan fingerprint density at radius 3 is 2.96 bits per heavy atom. The van der Waals surface area contributed by atoms with Crippen molar-refractivity contribution in [3.63, 3.8) is 0 Å². The highest BCUT2D eigenvalue weighted by Crippen LogP contribution is 2.35. The molecular formula is C21H22FN3O2S. The third kappa shape index (κ3) is 3.27. The Balaban J connectivity index is 1.46. The molecule has 1 fully saturated rings. The van der Waals surface area contributed by atoms with E-state index in [2.05, 4.69) is 9.88 Å². The Hall–Kier alpha value is -2.09. The van der Waals surface area contributed by atoms with Crippen LogP contribution in [0.4, 0.5) is 4.39 Å². The van der Waals surface area contributed by atoms with Crippen molar-refractivity contribution < 1.29 is 9.13 Å². The van der Waals surface area contributed by atoms with Crippen LogP contribution in [-0.4, -0.2) is 46.8 Å². The Bertz CT molecular complexity index is 1070. The number of fused-ring (bicyclic) bond motifs is 3. The minimum atomic E-state index is -0.290. The van der Waals surface area contributed by atoms with Gasteiger partial charge < -0.3 is 4.74 Å². The van der Waals surface area contributed by atoms with Crippen molar-refractivity contribution in [3.8, 4) is 0 Å². The van der Waals surface area contributed by atoms with E-state index in [0.29, 0.717) is 12.6 Å². The van der Waals surface area contributed by atoms with E-state index in [1.54, 1.807) is 28.3 Å². The monoisotopic (exact) mass is 399 g/mol. The maximum Gasteiger partial charge on any atom is 0.262 e. The molecule has 0 spiro atoms. The van der Waals surface area contributed by atoms with Gasteiger partial charge in [0.25, 0.3) is 5.56 Å². The van der Waals surface area contributed by atoms with Crippen LogP contribution < -0.4 is 5.56 Å². The molecule has 0 N–H and O–H groups in total. The highest BCUT2D eigenvalue weighted by molar-refractivity contribution is 7.18. The van der Waals surface area contributed by atoms with Crippen molar-refractivity contribution in [2.24, 2.45) is 0 Å². The number of rotatable bonds is 3. The number of thiophene rings is 1. The van der Waals surface area contributed by atoms with Crippen LogP contribution in [0.2, 0.25) is 0 Å². The predicted molar refractivity (Wildman–Crippen MR) is 108 cm³/mol. The van der Waals surface area contributed by atoms with Gasteiger partial charge in [0.05, 0.1) is 31.5 Å². The van der Waals surface area contributed by atoms with Gasteiger partial charge >= 0.3 is 0 Å². The van der Waals surface area contributed by atoms with Gasteiger partial charge in [-0.25, -0.2) is 9.37 Å². The van der Waals surface area contributed by atoms with E-state index >= 15 is 0 Å². The van der Waals surface area contributed by atoms with Crippen LogP contribution in [0.1, 0.15) is 22.4 Å². The molecular weight excluding hydrogens is 377 g/mol. The highest BCUT2D eigenvalue weighted by atomic mass is 32.1. The Kier molecular flexibility index (Phi) is 4.74. The van der Waals surface area contributed by atoms with Crippen molar-refractivity contribution in [2.45, 2.75) is 31.8 Å². The lowest BCUT2D eigenvalue weighted by Gasteiger charge is -2.36. The summed E-state index contributed by atoms with van der Waals surface area (Å²) in [5.41, 5.74) is 1.92. The smallest absolute Gasteiger partial charge is 0.262 e. The van der Waals surface area contributed by atoms with Gasteiger partial charge in [-0.1, -0.05) is 12.1 Å². The van der Waals surface area contributed by atoms with Gasteiger partial charge in [-0.3, -0.25) is 14.3 Å². The summed E-state index contributed by atoms with van der Waals surface area (Å²) in [4.78, 5) is 22.3. The SMILES string of the molecule is O=c1c2c3c(sc2ncn1Cc1cccc(F)c1)C[C@@H](N1CCOCC1)CC3. The summed E-state index contributed by atoms with van der Waals surface area (Å²) in [6, 6.07) is 6.90. The summed E-state index contributed by atoms with van der Waals surface area (Å²) in [5.74, 6) is -0.290. The summed E-state index contributed by atoms with van der Waals surface area (Å²) in [7, 11) is 0. The normalized spacial score (nSPS) is 20.4. The molecule has 1 aromatic carbocycles. The average Bonchev–Trinajstić information content (AvgIpc) is 3.09. The zero-order chi connectivity index (χ0) is 19.1. The fraction of sp³-hybridized carbons (Fsp3) is 0.429. The molecule has 0 radical (unpaired) electrons. The van der Waals surface area contributed by atoms with E-state index in [4.69, 9.17) is 4.74 Å². The van der Waals surface area contributed by atoms with Crippen LogP contribution >= 0.6 is 11.3 Å². The van der Waals surface area contributed by atoms with Gasteiger partial charge in [-0.15, -0.1) is 11.3 Å². The minimum Gasteiger partial charge on any atom is -0.379 e. The van der Waals surface area contributed by atoms with Gasteiger partial charge in [-0.2, -0.15) is 0 Å². The highest BCUT2D eigenvalue weighted by Gasteiger charge is 2.29. The van der Waals surface area contributed by atoms with E-state index < -0.39 is 0 Å². The number of hydrogen-bond acceptors (Lipinski definition) is 5. The summed E-state index contributed by atoms with van der Waals surface area (Å²) < 4.78 is 20.5. The van der Waals surface area contributed by atoms with Crippen molar-refractivity contribution in [3.05, 3.63) is 62.8 Å². The Morgan fingerprint density at radius 1 is 1.29 bits per heavy atom. The van der Waals surface area contributed by atoms with Crippen LogP contribution in [0.25, 0.3) is 10.2 Å². The van der Waals surface area contributed by atoms with E-state index in [-0.39, 0.29) is 11.4 Å². The largest absolute Gasteiger partial charge is 0.379 e. The topological polar surface area (TPSA) is 47.4 Å². The van der Waals surface area contributed by atoms with Crippen molar-refractivity contribution in [2.75, 3.05) is 26.3 Å². The van der Waals surface area contributed by atoms with Crippen LogP contribution in [0.3, 0.4) is 0 Å². The van der Waals surface area contributed by atoms with Gasteiger partial charge in [0.1, 0.15) is 10.6 Å². The van der Waals surface area contributed by atoms with Crippen molar-refractivity contribution >= 4 is 21.6 Å². The van der Waals surface area contributed by atoms with Crippen LogP contribution in [0, 0.1) is 5.82 Å². The van der Waals surface area contributed by atoms with Crippen molar-refractivity contribution in [1.82, 2.24) is 14.5 Å². The molecule has 1 saturated heterocycles. The predicted octanol–water partition coefficient (Wildman–Crippen LogP) is 2.83. The first-order chi connectivity index (χ1) is 13.7. The fourth-order valence-corrected chi connectivity index (χ4v) is 5.63. The zero-order valence-corrected chi connectivity index (χ0v) is 16.4. The third-order valence-corrected chi connectivity index (χ3v) is 6.98. The molecule has 1 aliphatic carbocycles.